The molecule has 0 saturated carbocycles. The van der Waals surface area contributed by atoms with Gasteiger partial charge in [0.1, 0.15) is 17.6 Å². The van der Waals surface area contributed by atoms with Crippen molar-refractivity contribution in [2.24, 2.45) is 0 Å². The quantitative estimate of drug-likeness (QED) is 0.492. The van der Waals surface area contributed by atoms with Gasteiger partial charge in [0, 0.05) is 17.6 Å². The Kier molecular flexibility index (Phi) is 5.75. The van der Waals surface area contributed by atoms with Crippen LogP contribution in [-0.2, 0) is 24.3 Å². The van der Waals surface area contributed by atoms with Gasteiger partial charge in [-0.3, -0.25) is 18.7 Å². The van der Waals surface area contributed by atoms with Gasteiger partial charge in [-0.2, -0.15) is 0 Å². The third-order valence-electron chi connectivity index (χ3n) is 5.45. The van der Waals surface area contributed by atoms with E-state index in [0.717, 1.165) is 24.1 Å². The Hall–Kier alpha value is -3.61. The Morgan fingerprint density at radius 3 is 2.52 bits per heavy atom. The van der Waals surface area contributed by atoms with E-state index in [4.69, 9.17) is 4.42 Å². The van der Waals surface area contributed by atoms with Crippen molar-refractivity contribution in [3.05, 3.63) is 74.9 Å². The van der Waals surface area contributed by atoms with Gasteiger partial charge in [0.25, 0.3) is 5.56 Å². The average molecular weight is 419 g/mol. The number of nitrogens with zero attached hydrogens (tertiary/aromatic N) is 2. The zero-order chi connectivity index (χ0) is 22.0. The molecule has 2 heterocycles. The van der Waals surface area contributed by atoms with Crippen LogP contribution in [0.15, 0.2) is 62.5 Å². The fraction of sp³-hybridized carbons (Fsp3) is 0.292. The van der Waals surface area contributed by atoms with Crippen LogP contribution in [0.5, 0.6) is 0 Å². The highest BCUT2D eigenvalue weighted by molar-refractivity contribution is 6.03. The molecule has 0 saturated heterocycles. The highest BCUT2D eigenvalue weighted by Crippen LogP contribution is 2.25. The highest BCUT2D eigenvalue weighted by Gasteiger charge is 2.21. The van der Waals surface area contributed by atoms with E-state index in [-0.39, 0.29) is 24.6 Å². The van der Waals surface area contributed by atoms with E-state index in [1.165, 1.54) is 9.13 Å². The normalized spacial score (nSPS) is 11.3. The summed E-state index contributed by atoms with van der Waals surface area (Å²) in [5.41, 5.74) is 1.73. The Balaban J connectivity index is 1.84. The summed E-state index contributed by atoms with van der Waals surface area (Å²) in [6, 6.07) is 14.7. The summed E-state index contributed by atoms with van der Waals surface area (Å²) in [6.45, 7) is 4.06. The number of hydrogen-bond acceptors (Lipinski definition) is 4. The topological polar surface area (TPSA) is 86.2 Å². The zero-order valence-corrected chi connectivity index (χ0v) is 17.7. The van der Waals surface area contributed by atoms with E-state index < -0.39 is 11.2 Å². The lowest BCUT2D eigenvalue weighted by Gasteiger charge is -2.13. The lowest BCUT2D eigenvalue weighted by molar-refractivity contribution is -0.116. The molecule has 0 aliphatic carbocycles. The summed E-state index contributed by atoms with van der Waals surface area (Å²) >= 11 is 0. The van der Waals surface area contributed by atoms with Crippen molar-refractivity contribution in [3.63, 3.8) is 0 Å². The van der Waals surface area contributed by atoms with Crippen molar-refractivity contribution in [3.8, 4) is 0 Å². The molecule has 160 valence electrons. The van der Waals surface area contributed by atoms with E-state index in [0.29, 0.717) is 22.9 Å². The number of anilines is 1. The van der Waals surface area contributed by atoms with Crippen LogP contribution in [0.25, 0.3) is 22.1 Å². The van der Waals surface area contributed by atoms with E-state index in [1.54, 1.807) is 18.2 Å². The number of aryl methyl sites for hydroxylation is 1. The number of nitrogens with one attached hydrogen (secondary N) is 1. The van der Waals surface area contributed by atoms with E-state index in [1.807, 2.05) is 44.2 Å². The molecule has 0 spiro atoms. The molecule has 31 heavy (non-hydrogen) atoms. The first-order chi connectivity index (χ1) is 15.0. The molecule has 2 aromatic carbocycles. The molecule has 0 aliphatic heterocycles. The largest absolute Gasteiger partial charge is 0.449 e. The molecular weight excluding hydrogens is 394 g/mol. The second-order valence-electron chi connectivity index (χ2n) is 7.51. The lowest BCUT2D eigenvalue weighted by atomic mass is 10.1. The molecule has 0 fully saturated rings. The standard InChI is InChI=1S/C24H25N3O4/c1-3-5-14-26-23(29)22-21(17-11-7-9-13-19(17)31-22)27(24(26)30)15-20(28)25-18-12-8-6-10-16(18)4-2/h6-13H,3-5,14-15H2,1-2H3,(H,25,28). The van der Waals surface area contributed by atoms with Crippen molar-refractivity contribution in [1.29, 1.82) is 0 Å². The number of carbonyl (C=O) groups excluding carboxylic acids is 1. The molecule has 0 bridgehead atoms. The van der Waals surface area contributed by atoms with Crippen LogP contribution >= 0.6 is 0 Å². The van der Waals surface area contributed by atoms with Crippen LogP contribution in [-0.4, -0.2) is 15.0 Å². The van der Waals surface area contributed by atoms with Crippen molar-refractivity contribution < 1.29 is 9.21 Å². The molecule has 4 aromatic rings. The SMILES string of the molecule is CCCCn1c(=O)c2oc3ccccc3c2n(CC(=O)Nc2ccccc2CC)c1=O. The van der Waals surface area contributed by atoms with Crippen molar-refractivity contribution in [1.82, 2.24) is 9.13 Å². The van der Waals surface area contributed by atoms with Gasteiger partial charge in [-0.25, -0.2) is 4.79 Å². The summed E-state index contributed by atoms with van der Waals surface area (Å²) < 4.78 is 8.33. The monoisotopic (exact) mass is 419 g/mol. The van der Waals surface area contributed by atoms with E-state index >= 15 is 0 Å². The van der Waals surface area contributed by atoms with Crippen molar-refractivity contribution in [2.75, 3.05) is 5.32 Å². The third kappa shape index (κ3) is 3.79. The second-order valence-corrected chi connectivity index (χ2v) is 7.51. The summed E-state index contributed by atoms with van der Waals surface area (Å²) in [7, 11) is 0. The van der Waals surface area contributed by atoms with Crippen LogP contribution in [0.1, 0.15) is 32.3 Å². The minimum atomic E-state index is -0.503. The van der Waals surface area contributed by atoms with Crippen LogP contribution in [0.3, 0.4) is 0 Å². The molecule has 1 N–H and O–H groups in total. The summed E-state index contributed by atoms with van der Waals surface area (Å²) in [5.74, 6) is -0.338. The van der Waals surface area contributed by atoms with Gasteiger partial charge in [-0.1, -0.05) is 50.6 Å². The number of furan rings is 1. The van der Waals surface area contributed by atoms with Gasteiger partial charge in [-0.15, -0.1) is 0 Å². The molecule has 0 atom stereocenters. The second kappa shape index (κ2) is 8.63. The minimum absolute atomic E-state index is 0.0960. The maximum absolute atomic E-state index is 13.3. The molecule has 0 unspecified atom stereocenters. The molecule has 4 rings (SSSR count). The maximum atomic E-state index is 13.3. The number of aromatic nitrogens is 2. The zero-order valence-electron chi connectivity index (χ0n) is 17.7. The Morgan fingerprint density at radius 1 is 1.00 bits per heavy atom. The van der Waals surface area contributed by atoms with Gasteiger partial charge in [-0.05, 0) is 36.6 Å². The number of fused-ring (bicyclic) bond motifs is 3. The maximum Gasteiger partial charge on any atom is 0.332 e. The fourth-order valence-corrected chi connectivity index (χ4v) is 3.84. The molecule has 7 heteroatoms. The van der Waals surface area contributed by atoms with Gasteiger partial charge >= 0.3 is 5.69 Å². The van der Waals surface area contributed by atoms with Crippen LogP contribution < -0.4 is 16.6 Å². The predicted octanol–water partition coefficient (Wildman–Crippen LogP) is 3.91. The highest BCUT2D eigenvalue weighted by atomic mass is 16.3. The van der Waals surface area contributed by atoms with Crippen LogP contribution in [0.4, 0.5) is 5.69 Å². The average Bonchev–Trinajstić information content (AvgIpc) is 3.17. The number of amides is 1. The Morgan fingerprint density at radius 2 is 1.74 bits per heavy atom. The van der Waals surface area contributed by atoms with E-state index in [9.17, 15) is 14.4 Å². The molecule has 7 nitrogen and oxygen atoms in total. The first-order valence-corrected chi connectivity index (χ1v) is 10.6. The molecular formula is C24H25N3O4. The number of unbranched alkanes of at least 4 members (excludes halogenated alkanes) is 1. The van der Waals surface area contributed by atoms with Crippen molar-refractivity contribution in [2.45, 2.75) is 46.2 Å². The van der Waals surface area contributed by atoms with Gasteiger partial charge in [0.15, 0.2) is 0 Å². The first kappa shape index (κ1) is 20.7. The molecule has 0 aliphatic rings. The van der Waals surface area contributed by atoms with Gasteiger partial charge in [0.2, 0.25) is 11.5 Å². The first-order valence-electron chi connectivity index (χ1n) is 10.6. The third-order valence-corrected chi connectivity index (χ3v) is 5.45. The number of hydrogen-bond donors (Lipinski definition) is 1. The smallest absolute Gasteiger partial charge is 0.332 e. The summed E-state index contributed by atoms with van der Waals surface area (Å²) in [5, 5.41) is 3.54. The molecule has 2 aromatic heterocycles. The number of carbonyl (C=O) groups is 1. The van der Waals surface area contributed by atoms with Gasteiger partial charge in [0.05, 0.1) is 0 Å². The number of para-hydroxylation sites is 2. The summed E-state index contributed by atoms with van der Waals surface area (Å²) in [4.78, 5) is 39.2. The molecule has 0 radical (unpaired) electrons. The lowest BCUT2D eigenvalue weighted by Crippen LogP contribution is -2.41. The number of benzene rings is 2. The summed E-state index contributed by atoms with van der Waals surface area (Å²) in [6.07, 6.45) is 2.28. The van der Waals surface area contributed by atoms with Crippen LogP contribution in [0.2, 0.25) is 0 Å². The molecule has 1 amide bonds. The predicted molar refractivity (Wildman–Crippen MR) is 122 cm³/mol. The van der Waals surface area contributed by atoms with E-state index in [2.05, 4.69) is 5.32 Å². The minimum Gasteiger partial charge on any atom is -0.449 e. The van der Waals surface area contributed by atoms with Crippen molar-refractivity contribution >= 4 is 33.7 Å². The van der Waals surface area contributed by atoms with Crippen LogP contribution in [0, 0.1) is 0 Å². The Bertz CT molecular complexity index is 1380. The fourth-order valence-electron chi connectivity index (χ4n) is 3.84. The number of rotatable bonds is 7. The van der Waals surface area contributed by atoms with Gasteiger partial charge < -0.3 is 9.73 Å². The Labute approximate surface area is 178 Å².